The molecule has 0 unspecified atom stereocenters. The lowest BCUT2D eigenvalue weighted by Gasteiger charge is -2.08. The molecule has 0 saturated carbocycles. The molecule has 3 aromatic carbocycles. The molecule has 1 heterocycles. The van der Waals surface area contributed by atoms with Crippen molar-refractivity contribution < 1.29 is 28.5 Å². The first-order chi connectivity index (χ1) is 15.1. The number of fused-ring (bicyclic) bond motifs is 1. The second-order valence-electron chi connectivity index (χ2n) is 6.69. The van der Waals surface area contributed by atoms with E-state index in [1.165, 1.54) is 13.2 Å². The number of benzene rings is 3. The molecule has 1 aliphatic heterocycles. The largest absolute Gasteiger partial charge is 0.496 e. The summed E-state index contributed by atoms with van der Waals surface area (Å²) in [5, 5.41) is 0. The number of esters is 1. The van der Waals surface area contributed by atoms with Crippen LogP contribution in [0.15, 0.2) is 72.5 Å². The van der Waals surface area contributed by atoms with Crippen LogP contribution in [0.2, 0.25) is 0 Å². The quantitative estimate of drug-likeness (QED) is 0.322. The van der Waals surface area contributed by atoms with Gasteiger partial charge in [0, 0.05) is 6.07 Å². The lowest BCUT2D eigenvalue weighted by molar-refractivity contribution is 0.0731. The van der Waals surface area contributed by atoms with Crippen molar-refractivity contribution in [3.8, 4) is 23.0 Å². The summed E-state index contributed by atoms with van der Waals surface area (Å²) in [6, 6.07) is 18.8. The molecule has 0 spiro atoms. The van der Waals surface area contributed by atoms with Crippen molar-refractivity contribution >= 4 is 17.8 Å². The van der Waals surface area contributed by atoms with Crippen molar-refractivity contribution in [1.82, 2.24) is 0 Å². The molecule has 0 N–H and O–H groups in total. The predicted octanol–water partition coefficient (Wildman–Crippen LogP) is 4.93. The Morgan fingerprint density at radius 3 is 2.48 bits per heavy atom. The van der Waals surface area contributed by atoms with E-state index in [9.17, 15) is 9.59 Å². The molecule has 31 heavy (non-hydrogen) atoms. The average Bonchev–Trinajstić information content (AvgIpc) is 3.09. The molecule has 6 nitrogen and oxygen atoms in total. The van der Waals surface area contributed by atoms with Gasteiger partial charge in [0.05, 0.1) is 19.3 Å². The maximum absolute atomic E-state index is 12.7. The number of ether oxygens (including phenoxy) is 4. The standard InChI is InChI=1S/C25H20O6/c1-3-29-17-10-8-16(9-11-17)14-23-24(26)19-13-12-18(15-22(19)31-23)30-25(27)20-6-4-5-7-21(20)28-2/h4-15H,3H2,1-2H3/b23-14-. The van der Waals surface area contributed by atoms with Gasteiger partial charge in [-0.1, -0.05) is 24.3 Å². The van der Waals surface area contributed by atoms with E-state index in [0.29, 0.717) is 29.2 Å². The van der Waals surface area contributed by atoms with Gasteiger partial charge in [0.2, 0.25) is 5.78 Å². The van der Waals surface area contributed by atoms with Crippen LogP contribution in [-0.4, -0.2) is 25.5 Å². The zero-order valence-electron chi connectivity index (χ0n) is 17.1. The maximum atomic E-state index is 12.7. The lowest BCUT2D eigenvalue weighted by Crippen LogP contribution is -2.10. The van der Waals surface area contributed by atoms with E-state index < -0.39 is 5.97 Å². The Morgan fingerprint density at radius 1 is 1.00 bits per heavy atom. The molecular formula is C25H20O6. The minimum Gasteiger partial charge on any atom is -0.496 e. The summed E-state index contributed by atoms with van der Waals surface area (Å²) in [5.41, 5.74) is 1.52. The Balaban J connectivity index is 1.52. The van der Waals surface area contributed by atoms with Crippen LogP contribution in [0, 0.1) is 0 Å². The van der Waals surface area contributed by atoms with Crippen LogP contribution >= 0.6 is 0 Å². The van der Waals surface area contributed by atoms with Crippen LogP contribution in [-0.2, 0) is 0 Å². The number of methoxy groups -OCH3 is 1. The number of Topliss-reactive ketones (excluding diaryl/α,β-unsaturated/α-hetero) is 1. The highest BCUT2D eigenvalue weighted by molar-refractivity contribution is 6.14. The van der Waals surface area contributed by atoms with Crippen molar-refractivity contribution in [2.24, 2.45) is 0 Å². The monoisotopic (exact) mass is 416 g/mol. The van der Waals surface area contributed by atoms with Crippen LogP contribution in [0.4, 0.5) is 0 Å². The molecule has 6 heteroatoms. The van der Waals surface area contributed by atoms with E-state index >= 15 is 0 Å². The van der Waals surface area contributed by atoms with Gasteiger partial charge < -0.3 is 18.9 Å². The van der Waals surface area contributed by atoms with Crippen LogP contribution < -0.4 is 18.9 Å². The van der Waals surface area contributed by atoms with Crippen LogP contribution in [0.3, 0.4) is 0 Å². The number of rotatable bonds is 6. The SMILES string of the molecule is CCOc1ccc(/C=C2\Oc3cc(OC(=O)c4ccccc4OC)ccc3C2=O)cc1. The third-order valence-corrected chi connectivity index (χ3v) is 4.67. The van der Waals surface area contributed by atoms with Gasteiger partial charge in [-0.05, 0) is 55.0 Å². The molecule has 0 atom stereocenters. The number of ketones is 1. The zero-order valence-corrected chi connectivity index (χ0v) is 17.1. The fraction of sp³-hybridized carbons (Fsp3) is 0.120. The van der Waals surface area contributed by atoms with Crippen molar-refractivity contribution in [1.29, 1.82) is 0 Å². The van der Waals surface area contributed by atoms with Gasteiger partial charge in [0.1, 0.15) is 28.6 Å². The summed E-state index contributed by atoms with van der Waals surface area (Å²) in [6.45, 7) is 2.50. The summed E-state index contributed by atoms with van der Waals surface area (Å²) in [5.74, 6) is 1.19. The second-order valence-corrected chi connectivity index (χ2v) is 6.69. The molecule has 0 radical (unpaired) electrons. The summed E-state index contributed by atoms with van der Waals surface area (Å²) in [4.78, 5) is 25.2. The van der Waals surface area contributed by atoms with Crippen molar-refractivity contribution in [3.05, 3.63) is 89.2 Å². The third-order valence-electron chi connectivity index (χ3n) is 4.67. The molecule has 0 aliphatic carbocycles. The molecule has 0 bridgehead atoms. The van der Waals surface area contributed by atoms with Crippen molar-refractivity contribution in [2.75, 3.05) is 13.7 Å². The van der Waals surface area contributed by atoms with Gasteiger partial charge in [-0.2, -0.15) is 0 Å². The first kappa shape index (κ1) is 20.2. The van der Waals surface area contributed by atoms with Crippen molar-refractivity contribution in [3.63, 3.8) is 0 Å². The van der Waals surface area contributed by atoms with Crippen LogP contribution in [0.5, 0.6) is 23.0 Å². The minimum absolute atomic E-state index is 0.201. The highest BCUT2D eigenvalue weighted by Gasteiger charge is 2.28. The molecule has 0 saturated heterocycles. The maximum Gasteiger partial charge on any atom is 0.347 e. The molecule has 1 aliphatic rings. The van der Waals surface area contributed by atoms with E-state index in [0.717, 1.165) is 11.3 Å². The fourth-order valence-electron chi connectivity index (χ4n) is 3.18. The summed E-state index contributed by atoms with van der Waals surface area (Å²) < 4.78 is 21.8. The normalized spacial score (nSPS) is 13.5. The summed E-state index contributed by atoms with van der Waals surface area (Å²) in [7, 11) is 1.49. The Labute approximate surface area is 179 Å². The van der Waals surface area contributed by atoms with Gasteiger partial charge in [0.15, 0.2) is 5.76 Å². The molecule has 156 valence electrons. The Bertz CT molecular complexity index is 1160. The first-order valence-corrected chi connectivity index (χ1v) is 9.75. The fourth-order valence-corrected chi connectivity index (χ4v) is 3.18. The minimum atomic E-state index is -0.563. The predicted molar refractivity (Wildman–Crippen MR) is 115 cm³/mol. The first-order valence-electron chi connectivity index (χ1n) is 9.75. The van der Waals surface area contributed by atoms with Gasteiger partial charge in [0.25, 0.3) is 0 Å². The van der Waals surface area contributed by atoms with Gasteiger partial charge in [-0.3, -0.25) is 4.79 Å². The Kier molecular flexibility index (Phi) is 5.71. The number of allylic oxidation sites excluding steroid dienone is 1. The van der Waals surface area contributed by atoms with Crippen LogP contribution in [0.1, 0.15) is 33.2 Å². The molecule has 0 fully saturated rings. The molecule has 0 amide bonds. The molecule has 3 aromatic rings. The lowest BCUT2D eigenvalue weighted by atomic mass is 10.1. The van der Waals surface area contributed by atoms with E-state index in [-0.39, 0.29) is 17.3 Å². The van der Waals surface area contributed by atoms with Crippen LogP contribution in [0.25, 0.3) is 6.08 Å². The number of para-hydroxylation sites is 1. The summed E-state index contributed by atoms with van der Waals surface area (Å²) in [6.07, 6.45) is 1.67. The smallest absolute Gasteiger partial charge is 0.347 e. The van der Waals surface area contributed by atoms with Crippen molar-refractivity contribution in [2.45, 2.75) is 6.92 Å². The number of carbonyl (C=O) groups is 2. The highest BCUT2D eigenvalue weighted by atomic mass is 16.5. The van der Waals surface area contributed by atoms with E-state index in [4.69, 9.17) is 18.9 Å². The average molecular weight is 416 g/mol. The molecule has 4 rings (SSSR count). The molecular weight excluding hydrogens is 396 g/mol. The number of hydrogen-bond acceptors (Lipinski definition) is 6. The Morgan fingerprint density at radius 2 is 1.74 bits per heavy atom. The second kappa shape index (κ2) is 8.75. The summed E-state index contributed by atoms with van der Waals surface area (Å²) >= 11 is 0. The van der Waals surface area contributed by atoms with Gasteiger partial charge >= 0.3 is 5.97 Å². The van der Waals surface area contributed by atoms with E-state index in [1.807, 2.05) is 31.2 Å². The zero-order chi connectivity index (χ0) is 21.8. The number of carbonyl (C=O) groups excluding carboxylic acids is 2. The molecule has 0 aromatic heterocycles. The highest BCUT2D eigenvalue weighted by Crippen LogP contribution is 2.35. The third kappa shape index (κ3) is 4.28. The van der Waals surface area contributed by atoms with Gasteiger partial charge in [-0.15, -0.1) is 0 Å². The van der Waals surface area contributed by atoms with Gasteiger partial charge in [-0.25, -0.2) is 4.79 Å². The van der Waals surface area contributed by atoms with E-state index in [2.05, 4.69) is 0 Å². The topological polar surface area (TPSA) is 71.1 Å². The van der Waals surface area contributed by atoms with E-state index in [1.54, 1.807) is 42.5 Å². The number of hydrogen-bond donors (Lipinski definition) is 0. The Hall–Kier alpha value is -4.06.